The van der Waals surface area contributed by atoms with E-state index in [1.165, 1.54) is 38.2 Å². The molecule has 0 aliphatic heterocycles. The number of hydrogen-bond acceptors (Lipinski definition) is 6. The van der Waals surface area contributed by atoms with E-state index in [9.17, 15) is 22.7 Å². The molecule has 11 heteroatoms. The Morgan fingerprint density at radius 3 is 1.96 bits per heavy atom. The lowest BCUT2D eigenvalue weighted by Gasteiger charge is -2.23. The summed E-state index contributed by atoms with van der Waals surface area (Å²) in [5.74, 6) is 0.380. The number of rotatable bonds is 14. The number of benzene rings is 2. The maximum atomic E-state index is 14.1. The molecule has 2 aromatic rings. The second-order valence-corrected chi connectivity index (χ2v) is 9.45. The molecule has 0 bridgehead atoms. The highest BCUT2D eigenvalue weighted by Crippen LogP contribution is 2.29. The highest BCUT2D eigenvalue weighted by atomic mass is 19.4. The SMILES string of the molecule is CC.CC.CC.CC/C=C/O.CCCC.CCN=CNc1c(F)cccc1C(CCO)N/C(C)=C/CC(F)(F)F.CCNc1cccc(OC)c1. The maximum Gasteiger partial charge on any atom is 0.392 e. The van der Waals surface area contributed by atoms with Gasteiger partial charge in [0.1, 0.15) is 11.6 Å². The van der Waals surface area contributed by atoms with Crippen LogP contribution in [0.1, 0.15) is 127 Å². The van der Waals surface area contributed by atoms with Crippen molar-refractivity contribution in [3.63, 3.8) is 0 Å². The molecule has 1 unspecified atom stereocenters. The van der Waals surface area contributed by atoms with Crippen molar-refractivity contribution in [3.8, 4) is 5.75 Å². The summed E-state index contributed by atoms with van der Waals surface area (Å²) in [4.78, 5) is 3.96. The molecular weight excluding hydrogens is 660 g/mol. The van der Waals surface area contributed by atoms with Crippen LogP contribution in [0.15, 0.2) is 71.6 Å². The minimum absolute atomic E-state index is 0.175. The van der Waals surface area contributed by atoms with Gasteiger partial charge in [0.15, 0.2) is 0 Å². The number of hydrogen-bond donors (Lipinski definition) is 5. The Balaban J connectivity index is -0.000000222. The molecule has 0 aromatic heterocycles. The Morgan fingerprint density at radius 1 is 0.941 bits per heavy atom. The van der Waals surface area contributed by atoms with E-state index >= 15 is 0 Å². The molecule has 1 atom stereocenters. The average molecular weight is 733 g/mol. The molecule has 0 aliphatic carbocycles. The van der Waals surface area contributed by atoms with Gasteiger partial charge in [-0.3, -0.25) is 4.99 Å². The predicted molar refractivity (Wildman–Crippen MR) is 215 cm³/mol. The number of aliphatic imine (C=N–C) groups is 1. The molecule has 298 valence electrons. The van der Waals surface area contributed by atoms with Crippen molar-refractivity contribution in [2.24, 2.45) is 4.99 Å². The number of allylic oxidation sites excluding steroid dienone is 3. The Bertz CT molecular complexity index is 1090. The Labute approximate surface area is 308 Å². The monoisotopic (exact) mass is 733 g/mol. The number of nitrogens with one attached hydrogen (secondary N) is 3. The molecular formula is C40H72F4N4O3. The van der Waals surface area contributed by atoms with Gasteiger partial charge < -0.3 is 30.9 Å². The minimum Gasteiger partial charge on any atom is -0.516 e. The van der Waals surface area contributed by atoms with Crippen LogP contribution < -0.4 is 20.7 Å². The van der Waals surface area contributed by atoms with E-state index in [2.05, 4.69) is 41.7 Å². The zero-order chi connectivity index (χ0) is 40.5. The topological polar surface area (TPSA) is 98.1 Å². The predicted octanol–water partition coefficient (Wildman–Crippen LogP) is 12.6. The summed E-state index contributed by atoms with van der Waals surface area (Å²) >= 11 is 0. The van der Waals surface area contributed by atoms with Gasteiger partial charge in [-0.15, -0.1) is 0 Å². The third-order valence-corrected chi connectivity index (χ3v) is 5.66. The molecule has 0 saturated carbocycles. The highest BCUT2D eigenvalue weighted by molar-refractivity contribution is 5.78. The molecule has 5 N–H and O–H groups in total. The average Bonchev–Trinajstić information content (AvgIpc) is 3.15. The first-order valence-electron chi connectivity index (χ1n) is 18.3. The first-order valence-corrected chi connectivity index (χ1v) is 18.3. The Hall–Kier alpha value is -3.73. The van der Waals surface area contributed by atoms with Crippen LogP contribution in [-0.4, -0.2) is 49.5 Å². The molecule has 7 nitrogen and oxygen atoms in total. The summed E-state index contributed by atoms with van der Waals surface area (Å²) in [6.07, 6.45) is 3.53. The zero-order valence-corrected chi connectivity index (χ0v) is 33.8. The van der Waals surface area contributed by atoms with Crippen LogP contribution in [0, 0.1) is 5.82 Å². The molecule has 0 radical (unpaired) electrons. The Kier molecular flexibility index (Phi) is 47.1. The van der Waals surface area contributed by atoms with Crippen molar-refractivity contribution >= 4 is 17.7 Å². The van der Waals surface area contributed by atoms with Gasteiger partial charge in [-0.1, -0.05) is 106 Å². The van der Waals surface area contributed by atoms with E-state index in [0.29, 0.717) is 17.8 Å². The van der Waals surface area contributed by atoms with Crippen molar-refractivity contribution in [3.05, 3.63) is 78.0 Å². The number of nitrogens with zero attached hydrogens (tertiary/aromatic N) is 1. The van der Waals surface area contributed by atoms with Crippen LogP contribution in [0.5, 0.6) is 5.75 Å². The summed E-state index contributed by atoms with van der Waals surface area (Å²) < 4.78 is 56.2. The van der Waals surface area contributed by atoms with Crippen LogP contribution >= 0.6 is 0 Å². The molecule has 0 aliphatic rings. The number of aliphatic hydroxyl groups excluding tert-OH is 2. The lowest BCUT2D eigenvalue weighted by Crippen LogP contribution is -2.23. The molecule has 0 spiro atoms. The van der Waals surface area contributed by atoms with E-state index in [0.717, 1.165) is 36.7 Å². The maximum absolute atomic E-state index is 14.1. The summed E-state index contributed by atoms with van der Waals surface area (Å²) in [5.41, 5.74) is 2.07. The van der Waals surface area contributed by atoms with Gasteiger partial charge in [-0.25, -0.2) is 4.39 Å². The van der Waals surface area contributed by atoms with Gasteiger partial charge in [0, 0.05) is 42.7 Å². The molecule has 2 rings (SSSR count). The second-order valence-electron chi connectivity index (χ2n) is 9.45. The van der Waals surface area contributed by atoms with E-state index in [-0.39, 0.29) is 18.7 Å². The van der Waals surface area contributed by atoms with E-state index in [1.807, 2.05) is 79.7 Å². The standard InChI is InChI=1S/C17H23F4N3O.C9H13NO.C4H8O.C4H10.3C2H6/c1-3-22-11-23-16-13(5-4-6-14(16)18)15(8-10-25)24-12(2)7-9-17(19,20)21;1-3-10-8-5-4-6-9(7-8)11-2;1-2-3-4-5;1-3-4-2;3*1-2/h4-7,11,15,24-25H,3,8-10H2,1-2H3,(H,22,23);4-7,10H,3H2,1-2H3;3-5H,2H2,1H3;3-4H2,1-2H3;3*1-2H3/b12-7+;;4-3+;;;;. The number of ether oxygens (including phenoxy) is 1. The molecule has 2 aromatic carbocycles. The first-order chi connectivity index (χ1) is 24.5. The largest absolute Gasteiger partial charge is 0.516 e. The van der Waals surface area contributed by atoms with Crippen LogP contribution in [-0.2, 0) is 0 Å². The number of anilines is 2. The van der Waals surface area contributed by atoms with Crippen LogP contribution in [0.3, 0.4) is 0 Å². The number of aliphatic hydroxyl groups is 2. The second kappa shape index (κ2) is 42.4. The highest BCUT2D eigenvalue weighted by Gasteiger charge is 2.25. The quantitative estimate of drug-likeness (QED) is 0.0574. The smallest absolute Gasteiger partial charge is 0.392 e. The number of methoxy groups -OCH3 is 1. The van der Waals surface area contributed by atoms with E-state index < -0.39 is 24.5 Å². The number of halogens is 4. The minimum atomic E-state index is -4.29. The van der Waals surface area contributed by atoms with Crippen LogP contribution in [0.25, 0.3) is 0 Å². The van der Waals surface area contributed by atoms with Crippen molar-refractivity contribution in [1.29, 1.82) is 0 Å². The Morgan fingerprint density at radius 2 is 1.53 bits per heavy atom. The zero-order valence-electron chi connectivity index (χ0n) is 33.8. The number of para-hydroxylation sites is 1. The van der Waals surface area contributed by atoms with Crippen molar-refractivity contribution in [2.45, 2.75) is 127 Å². The fourth-order valence-electron chi connectivity index (χ4n) is 3.26. The molecule has 0 amide bonds. The van der Waals surface area contributed by atoms with Crippen LogP contribution in [0.2, 0.25) is 0 Å². The summed E-state index contributed by atoms with van der Waals surface area (Å²) in [6, 6.07) is 11.8. The normalized spacial score (nSPS) is 10.7. The lowest BCUT2D eigenvalue weighted by molar-refractivity contribution is -0.125. The lowest BCUT2D eigenvalue weighted by atomic mass is 10.0. The van der Waals surface area contributed by atoms with E-state index in [4.69, 9.17) is 9.84 Å². The molecule has 51 heavy (non-hydrogen) atoms. The van der Waals surface area contributed by atoms with Gasteiger partial charge in [0.25, 0.3) is 0 Å². The van der Waals surface area contributed by atoms with E-state index in [1.54, 1.807) is 19.3 Å². The van der Waals surface area contributed by atoms with Gasteiger partial charge in [-0.05, 0) is 51.8 Å². The third kappa shape index (κ3) is 35.9. The van der Waals surface area contributed by atoms with Crippen molar-refractivity contribution < 1.29 is 32.5 Å². The molecule has 0 heterocycles. The number of unbranched alkanes of at least 4 members (excludes halogenated alkanes) is 1. The first kappa shape index (κ1) is 56.6. The van der Waals surface area contributed by atoms with Gasteiger partial charge in [0.05, 0.1) is 37.9 Å². The van der Waals surface area contributed by atoms with Gasteiger partial charge in [0.2, 0.25) is 0 Å². The summed E-state index contributed by atoms with van der Waals surface area (Å²) in [7, 11) is 1.67. The fourth-order valence-corrected chi connectivity index (χ4v) is 3.26. The summed E-state index contributed by atoms with van der Waals surface area (Å²) in [6.45, 7) is 25.0. The third-order valence-electron chi connectivity index (χ3n) is 5.66. The van der Waals surface area contributed by atoms with Crippen molar-refractivity contribution in [2.75, 3.05) is 37.4 Å². The van der Waals surface area contributed by atoms with Crippen molar-refractivity contribution in [1.82, 2.24) is 5.32 Å². The fraction of sp³-hybridized carbons (Fsp3) is 0.575. The van der Waals surface area contributed by atoms with Crippen LogP contribution in [0.4, 0.5) is 28.9 Å². The van der Waals surface area contributed by atoms with Gasteiger partial charge in [-0.2, -0.15) is 13.2 Å². The van der Waals surface area contributed by atoms with Gasteiger partial charge >= 0.3 is 6.18 Å². The molecule has 0 fully saturated rings. The summed E-state index contributed by atoms with van der Waals surface area (Å²) in [5, 5.41) is 26.0. The number of alkyl halides is 3. The molecule has 0 saturated heterocycles.